The molecule has 2 aliphatic heterocycles. The number of likely N-dealkylation sites (tertiary alicyclic amines) is 2. The second-order valence-corrected chi connectivity index (χ2v) is 14.9. The maximum atomic E-state index is 13.1. The highest BCUT2D eigenvalue weighted by molar-refractivity contribution is 6.31. The van der Waals surface area contributed by atoms with Gasteiger partial charge in [0.1, 0.15) is 34.3 Å². The molecule has 0 spiro atoms. The Morgan fingerprint density at radius 2 is 1.14 bits per heavy atom. The molecule has 2 saturated heterocycles. The van der Waals surface area contributed by atoms with Crippen molar-refractivity contribution in [2.75, 3.05) is 39.4 Å². The molecule has 0 aromatic heterocycles. The first-order valence-corrected chi connectivity index (χ1v) is 19.2. The number of carbonyl (C=O) groups is 5. The lowest BCUT2D eigenvalue weighted by Gasteiger charge is -2.37. The van der Waals surface area contributed by atoms with Gasteiger partial charge in [0.15, 0.2) is 19.0 Å². The highest BCUT2D eigenvalue weighted by Crippen LogP contribution is 2.35. The van der Waals surface area contributed by atoms with Crippen LogP contribution in [-0.2, 0) is 16.0 Å². The number of carboxylic acids is 2. The number of ketones is 1. The molecule has 0 radical (unpaired) electrons. The fraction of sp³-hybridized carbons (Fsp3) is 0.302. The van der Waals surface area contributed by atoms with Crippen LogP contribution in [0, 0.1) is 34.3 Å². The van der Waals surface area contributed by atoms with Crippen LogP contribution in [0.3, 0.4) is 0 Å². The van der Waals surface area contributed by atoms with E-state index in [2.05, 4.69) is 6.07 Å². The number of Topliss-reactive ketones (excluding diaryl/α,β-unsaturated/α-hetero) is 1. The van der Waals surface area contributed by atoms with E-state index in [0.29, 0.717) is 63.8 Å². The van der Waals surface area contributed by atoms with Crippen molar-refractivity contribution in [2.45, 2.75) is 32.1 Å². The minimum absolute atomic E-state index is 0.0550. The van der Waals surface area contributed by atoms with Crippen LogP contribution in [0.2, 0.25) is 10.0 Å². The zero-order valence-electron chi connectivity index (χ0n) is 31.5. The van der Waals surface area contributed by atoms with Gasteiger partial charge in [-0.25, -0.2) is 18.4 Å². The van der Waals surface area contributed by atoms with Gasteiger partial charge in [0.05, 0.1) is 11.5 Å². The highest BCUT2D eigenvalue weighted by atomic mass is 35.5. The third-order valence-electron chi connectivity index (χ3n) is 10.2. The van der Waals surface area contributed by atoms with Crippen LogP contribution in [0.25, 0.3) is 0 Å². The predicted molar refractivity (Wildman–Crippen MR) is 212 cm³/mol. The summed E-state index contributed by atoms with van der Waals surface area (Å²) in [6.07, 6.45) is 2.49. The van der Waals surface area contributed by atoms with Crippen molar-refractivity contribution in [3.8, 4) is 17.6 Å². The molecule has 2 aliphatic rings. The number of halogens is 4. The molecule has 4 aromatic carbocycles. The van der Waals surface area contributed by atoms with Crippen molar-refractivity contribution in [1.29, 1.82) is 5.26 Å². The molecule has 2 N–H and O–H groups in total. The molecule has 0 unspecified atom stereocenters. The van der Waals surface area contributed by atoms with Crippen LogP contribution in [0.15, 0.2) is 84.9 Å². The second-order valence-electron chi connectivity index (χ2n) is 14.1. The van der Waals surface area contributed by atoms with E-state index in [1.165, 1.54) is 72.8 Å². The third kappa shape index (κ3) is 12.0. The fourth-order valence-corrected chi connectivity index (χ4v) is 7.14. The lowest BCUT2D eigenvalue weighted by Crippen LogP contribution is -2.45. The minimum atomic E-state index is -1.20. The summed E-state index contributed by atoms with van der Waals surface area (Å²) >= 11 is 11.6. The lowest BCUT2D eigenvalue weighted by atomic mass is 9.75. The summed E-state index contributed by atoms with van der Waals surface area (Å²) in [5.41, 5.74) is 0.501. The van der Waals surface area contributed by atoms with E-state index in [9.17, 15) is 48.2 Å². The average Bonchev–Trinajstić information content (AvgIpc) is 3.23. The van der Waals surface area contributed by atoms with Crippen molar-refractivity contribution < 1.29 is 52.4 Å². The van der Waals surface area contributed by atoms with Crippen LogP contribution >= 0.6 is 23.2 Å². The zero-order valence-corrected chi connectivity index (χ0v) is 33.1. The molecule has 0 aliphatic carbocycles. The Kier molecular flexibility index (Phi) is 15.0. The van der Waals surface area contributed by atoms with Crippen LogP contribution < -0.4 is 9.47 Å². The Morgan fingerprint density at radius 1 is 0.695 bits per heavy atom. The summed E-state index contributed by atoms with van der Waals surface area (Å²) in [6, 6.07) is 22.2. The molecule has 6 rings (SSSR count). The molecule has 2 fully saturated rings. The molecule has 59 heavy (non-hydrogen) atoms. The lowest BCUT2D eigenvalue weighted by molar-refractivity contribution is -0.135. The summed E-state index contributed by atoms with van der Waals surface area (Å²) in [4.78, 5) is 63.2. The van der Waals surface area contributed by atoms with Crippen molar-refractivity contribution in [3.05, 3.63) is 129 Å². The standard InChI is InChI=1S/C22H20ClFN2O4.C21H19ClFNO5/c23-16-3-6-19(18(11-16)21(28)29)30-13-20(27)26-9-7-22(14-25,8-10-26)12-15-1-4-17(24)5-2-15;22-15-3-6-18(17(11-15)21(27)28)29-12-19(25)24-9-7-14(8-10-24)20(26)13-1-4-16(23)5-2-13/h1-6,11H,7-10,12-13H2,(H,28,29);1-6,11,14H,7-10,12H2,(H,27,28). The summed E-state index contributed by atoms with van der Waals surface area (Å²) in [5.74, 6) is -3.82. The summed E-state index contributed by atoms with van der Waals surface area (Å²) in [5, 5.41) is 28.7. The average molecular weight is 851 g/mol. The maximum absolute atomic E-state index is 13.1. The van der Waals surface area contributed by atoms with Gasteiger partial charge in [0, 0.05) is 47.7 Å². The maximum Gasteiger partial charge on any atom is 0.339 e. The van der Waals surface area contributed by atoms with Gasteiger partial charge in [0.2, 0.25) is 0 Å². The number of rotatable bonds is 12. The van der Waals surface area contributed by atoms with Gasteiger partial charge in [-0.2, -0.15) is 5.26 Å². The number of piperidine rings is 2. The Morgan fingerprint density at radius 3 is 1.58 bits per heavy atom. The monoisotopic (exact) mass is 849 g/mol. The van der Waals surface area contributed by atoms with Gasteiger partial charge in [-0.3, -0.25) is 14.4 Å². The Bertz CT molecular complexity index is 2220. The van der Waals surface area contributed by atoms with E-state index in [1.54, 1.807) is 21.9 Å². The van der Waals surface area contributed by atoms with E-state index in [0.717, 1.165) is 5.56 Å². The molecule has 308 valence electrons. The number of nitrogens with zero attached hydrogens (tertiary/aromatic N) is 3. The summed E-state index contributed by atoms with van der Waals surface area (Å²) in [7, 11) is 0. The normalized spacial score (nSPS) is 14.9. The number of carbonyl (C=O) groups excluding carboxylic acids is 3. The van der Waals surface area contributed by atoms with Gasteiger partial charge < -0.3 is 29.5 Å². The number of aromatic carboxylic acids is 2. The highest BCUT2D eigenvalue weighted by Gasteiger charge is 2.36. The molecular weight excluding hydrogens is 811 g/mol. The second kappa shape index (κ2) is 20.1. The van der Waals surface area contributed by atoms with E-state index in [4.69, 9.17) is 32.7 Å². The molecule has 0 saturated carbocycles. The largest absolute Gasteiger partial charge is 0.483 e. The van der Waals surface area contributed by atoms with E-state index in [1.807, 2.05) is 0 Å². The van der Waals surface area contributed by atoms with E-state index in [-0.39, 0.29) is 75.2 Å². The van der Waals surface area contributed by atoms with Crippen molar-refractivity contribution in [1.82, 2.24) is 9.80 Å². The molecule has 2 heterocycles. The first kappa shape index (κ1) is 44.1. The topological polar surface area (TPSA) is 175 Å². The number of amides is 2. The Hall–Kier alpha value is -6.04. The van der Waals surface area contributed by atoms with Gasteiger partial charge in [0.25, 0.3) is 11.8 Å². The summed E-state index contributed by atoms with van der Waals surface area (Å²) in [6.45, 7) is 0.961. The van der Waals surface area contributed by atoms with Crippen LogP contribution in [0.4, 0.5) is 8.78 Å². The molecule has 2 amide bonds. The first-order chi connectivity index (χ1) is 28.2. The van der Waals surface area contributed by atoms with E-state index >= 15 is 0 Å². The molecular formula is C43H39Cl2F2N3O9. The molecule has 4 aromatic rings. The van der Waals surface area contributed by atoms with Gasteiger partial charge in [-0.1, -0.05) is 35.3 Å². The number of benzene rings is 4. The smallest absolute Gasteiger partial charge is 0.339 e. The third-order valence-corrected chi connectivity index (χ3v) is 10.6. The van der Waals surface area contributed by atoms with Gasteiger partial charge in [-0.05, 0) is 110 Å². The fourth-order valence-electron chi connectivity index (χ4n) is 6.80. The quantitative estimate of drug-likeness (QED) is 0.135. The van der Waals surface area contributed by atoms with Crippen LogP contribution in [0.5, 0.6) is 11.5 Å². The molecule has 16 heteroatoms. The van der Waals surface area contributed by atoms with Crippen molar-refractivity contribution >= 4 is 52.7 Å². The number of nitriles is 1. The number of carboxylic acid groups (broad SMARTS) is 2. The number of ether oxygens (including phenoxy) is 2. The Balaban J connectivity index is 0.000000224. The zero-order chi connectivity index (χ0) is 42.7. The first-order valence-electron chi connectivity index (χ1n) is 18.5. The Labute approximate surface area is 348 Å². The van der Waals surface area contributed by atoms with Crippen LogP contribution in [0.1, 0.15) is 62.3 Å². The van der Waals surface area contributed by atoms with Gasteiger partial charge in [-0.15, -0.1) is 0 Å². The molecule has 0 bridgehead atoms. The number of hydrogen-bond donors (Lipinski definition) is 2. The number of hydrogen-bond acceptors (Lipinski definition) is 8. The summed E-state index contributed by atoms with van der Waals surface area (Å²) < 4.78 is 36.9. The van der Waals surface area contributed by atoms with Crippen molar-refractivity contribution in [3.63, 3.8) is 0 Å². The predicted octanol–water partition coefficient (Wildman–Crippen LogP) is 7.61. The van der Waals surface area contributed by atoms with Crippen molar-refractivity contribution in [2.24, 2.45) is 11.3 Å². The molecule has 12 nitrogen and oxygen atoms in total. The minimum Gasteiger partial charge on any atom is -0.483 e. The van der Waals surface area contributed by atoms with Gasteiger partial charge >= 0.3 is 11.9 Å². The molecule has 0 atom stereocenters. The SMILES string of the molecule is N#CC1(Cc2ccc(F)cc2)CCN(C(=O)COc2ccc(Cl)cc2C(=O)O)CC1.O=C(O)c1cc(Cl)ccc1OCC(=O)N1CCC(C(=O)c2ccc(F)cc2)CC1. The van der Waals surface area contributed by atoms with Crippen LogP contribution in [-0.4, -0.2) is 88.9 Å². The van der Waals surface area contributed by atoms with E-state index < -0.39 is 23.2 Å².